The van der Waals surface area contributed by atoms with Crippen molar-refractivity contribution in [3.8, 4) is 11.1 Å². The Morgan fingerprint density at radius 2 is 2.06 bits per heavy atom. The van der Waals surface area contributed by atoms with Crippen LogP contribution in [0.5, 0.6) is 0 Å². The van der Waals surface area contributed by atoms with E-state index in [9.17, 15) is 9.90 Å². The van der Waals surface area contributed by atoms with E-state index in [0.717, 1.165) is 61.4 Å². The molecule has 35 heavy (non-hydrogen) atoms. The molecule has 0 radical (unpaired) electrons. The van der Waals surface area contributed by atoms with Crippen molar-refractivity contribution in [2.45, 2.75) is 58.2 Å². The number of pyridine rings is 1. The average Bonchev–Trinajstić information content (AvgIpc) is 3.51. The standard InChI is InChI=1S/C24H34N8O3/c1-3-35-17(2)31-15-18(14-25-31)20-9-10-21-27-23(26-19-8-7-13-30(16-19)24(33)34)28-32(21)22(20)29-11-5-4-6-12-29/h9-10,14-15,17,19H,3-8,11-13,16H2,1-2H3,(H,26,28)(H,33,34)/t17?,19-/m1/s1. The van der Waals surface area contributed by atoms with E-state index in [2.05, 4.69) is 21.4 Å². The van der Waals surface area contributed by atoms with Crippen LogP contribution in [0.15, 0.2) is 24.5 Å². The Bertz CT molecular complexity index is 1170. The van der Waals surface area contributed by atoms with Crippen molar-refractivity contribution < 1.29 is 14.6 Å². The fraction of sp³-hybridized carbons (Fsp3) is 0.583. The van der Waals surface area contributed by atoms with Gasteiger partial charge in [-0.2, -0.15) is 14.6 Å². The molecule has 0 spiro atoms. The van der Waals surface area contributed by atoms with Crippen molar-refractivity contribution in [3.63, 3.8) is 0 Å². The number of anilines is 2. The molecule has 11 nitrogen and oxygen atoms in total. The first-order valence-electron chi connectivity index (χ1n) is 12.6. The molecule has 2 fully saturated rings. The summed E-state index contributed by atoms with van der Waals surface area (Å²) in [6.07, 6.45) is 8.11. The molecule has 0 saturated carbocycles. The number of carboxylic acid groups (broad SMARTS) is 1. The Morgan fingerprint density at radius 1 is 1.23 bits per heavy atom. The van der Waals surface area contributed by atoms with Gasteiger partial charge in [0.2, 0.25) is 5.95 Å². The summed E-state index contributed by atoms with van der Waals surface area (Å²) in [5, 5.41) is 22.1. The van der Waals surface area contributed by atoms with E-state index in [4.69, 9.17) is 14.8 Å². The van der Waals surface area contributed by atoms with E-state index in [-0.39, 0.29) is 12.3 Å². The fourth-order valence-corrected chi connectivity index (χ4v) is 5.08. The van der Waals surface area contributed by atoms with E-state index in [1.807, 2.05) is 41.5 Å². The lowest BCUT2D eigenvalue weighted by Crippen LogP contribution is -2.44. The number of amides is 1. The summed E-state index contributed by atoms with van der Waals surface area (Å²) in [7, 11) is 0. The van der Waals surface area contributed by atoms with Gasteiger partial charge in [0.05, 0.1) is 6.20 Å². The predicted octanol–water partition coefficient (Wildman–Crippen LogP) is 3.69. The molecule has 2 N–H and O–H groups in total. The molecule has 5 rings (SSSR count). The summed E-state index contributed by atoms with van der Waals surface area (Å²) in [4.78, 5) is 20.0. The van der Waals surface area contributed by atoms with Gasteiger partial charge in [-0.1, -0.05) is 0 Å². The third kappa shape index (κ3) is 4.90. The Morgan fingerprint density at radius 3 is 2.83 bits per heavy atom. The fourth-order valence-electron chi connectivity index (χ4n) is 5.08. The van der Waals surface area contributed by atoms with Crippen molar-refractivity contribution >= 4 is 23.5 Å². The molecule has 1 unspecified atom stereocenters. The Kier molecular flexibility index (Phi) is 6.76. The summed E-state index contributed by atoms with van der Waals surface area (Å²) < 4.78 is 9.47. The number of nitrogens with zero attached hydrogens (tertiary/aromatic N) is 7. The molecule has 2 atom stereocenters. The number of carbonyl (C=O) groups is 1. The topological polar surface area (TPSA) is 113 Å². The van der Waals surface area contributed by atoms with Gasteiger partial charge in [-0.15, -0.1) is 5.10 Å². The molecule has 0 aliphatic carbocycles. The Hall–Kier alpha value is -3.34. The largest absolute Gasteiger partial charge is 0.465 e. The van der Waals surface area contributed by atoms with Gasteiger partial charge < -0.3 is 25.0 Å². The van der Waals surface area contributed by atoms with Crippen LogP contribution in [0.2, 0.25) is 0 Å². The highest BCUT2D eigenvalue weighted by Crippen LogP contribution is 2.34. The van der Waals surface area contributed by atoms with Crippen LogP contribution in [-0.4, -0.2) is 79.3 Å². The summed E-state index contributed by atoms with van der Waals surface area (Å²) in [5.74, 6) is 1.54. The summed E-state index contributed by atoms with van der Waals surface area (Å²) >= 11 is 0. The number of hydrogen-bond acceptors (Lipinski definition) is 7. The molecule has 3 aromatic rings. The number of aromatic nitrogens is 5. The number of ether oxygens (including phenoxy) is 1. The average molecular weight is 483 g/mol. The van der Waals surface area contributed by atoms with Crippen LogP contribution in [0.1, 0.15) is 52.2 Å². The van der Waals surface area contributed by atoms with Crippen molar-refractivity contribution in [2.24, 2.45) is 0 Å². The lowest BCUT2D eigenvalue weighted by Gasteiger charge is -2.31. The molecule has 2 aliphatic rings. The first kappa shape index (κ1) is 23.4. The molecular formula is C24H34N8O3. The van der Waals surface area contributed by atoms with Crippen LogP contribution in [-0.2, 0) is 4.74 Å². The molecule has 11 heteroatoms. The highest BCUT2D eigenvalue weighted by molar-refractivity contribution is 5.78. The Balaban J connectivity index is 1.49. The zero-order valence-corrected chi connectivity index (χ0v) is 20.4. The molecule has 2 saturated heterocycles. The molecule has 0 aromatic carbocycles. The maximum atomic E-state index is 11.4. The van der Waals surface area contributed by atoms with Gasteiger partial charge in [-0.3, -0.25) is 0 Å². The van der Waals surface area contributed by atoms with Crippen LogP contribution in [0.25, 0.3) is 16.8 Å². The number of hydrogen-bond donors (Lipinski definition) is 2. The second kappa shape index (κ2) is 10.1. The van der Waals surface area contributed by atoms with Gasteiger partial charge in [-0.25, -0.2) is 9.48 Å². The van der Waals surface area contributed by atoms with E-state index in [1.54, 1.807) is 0 Å². The van der Waals surface area contributed by atoms with Crippen LogP contribution in [0.4, 0.5) is 16.6 Å². The zero-order valence-electron chi connectivity index (χ0n) is 20.4. The maximum Gasteiger partial charge on any atom is 0.407 e. The number of fused-ring (bicyclic) bond motifs is 1. The van der Waals surface area contributed by atoms with Crippen LogP contribution >= 0.6 is 0 Å². The van der Waals surface area contributed by atoms with Gasteiger partial charge in [0, 0.05) is 56.2 Å². The number of nitrogens with one attached hydrogen (secondary N) is 1. The summed E-state index contributed by atoms with van der Waals surface area (Å²) in [6, 6.07) is 4.07. The normalized spacial score (nSPS) is 19.8. The minimum absolute atomic E-state index is 0.00606. The quantitative estimate of drug-likeness (QED) is 0.524. The molecule has 5 heterocycles. The minimum Gasteiger partial charge on any atom is -0.465 e. The SMILES string of the molecule is CCOC(C)n1cc(-c2ccc3nc(N[C@@H]4CCCN(C(=O)O)C4)nn3c2N2CCCCC2)cn1. The van der Waals surface area contributed by atoms with Crippen LogP contribution in [0, 0.1) is 0 Å². The lowest BCUT2D eigenvalue weighted by atomic mass is 10.1. The van der Waals surface area contributed by atoms with E-state index < -0.39 is 6.09 Å². The van der Waals surface area contributed by atoms with Crippen molar-refractivity contribution in [1.29, 1.82) is 0 Å². The second-order valence-corrected chi connectivity index (χ2v) is 9.30. The third-order valence-corrected chi connectivity index (χ3v) is 6.85. The predicted molar refractivity (Wildman–Crippen MR) is 133 cm³/mol. The summed E-state index contributed by atoms with van der Waals surface area (Å²) in [6.45, 7) is 7.54. The smallest absolute Gasteiger partial charge is 0.407 e. The Labute approximate surface area is 204 Å². The highest BCUT2D eigenvalue weighted by atomic mass is 16.5. The monoisotopic (exact) mass is 482 g/mol. The third-order valence-electron chi connectivity index (χ3n) is 6.85. The van der Waals surface area contributed by atoms with Gasteiger partial charge in [0.25, 0.3) is 0 Å². The lowest BCUT2D eigenvalue weighted by molar-refractivity contribution is 0.0160. The van der Waals surface area contributed by atoms with Crippen molar-refractivity contribution in [2.75, 3.05) is 43.0 Å². The molecule has 1 amide bonds. The zero-order chi connectivity index (χ0) is 24.4. The number of likely N-dealkylation sites (tertiary alicyclic amines) is 1. The first-order valence-corrected chi connectivity index (χ1v) is 12.6. The van der Waals surface area contributed by atoms with E-state index in [1.165, 1.54) is 11.3 Å². The van der Waals surface area contributed by atoms with E-state index >= 15 is 0 Å². The highest BCUT2D eigenvalue weighted by Gasteiger charge is 2.26. The van der Waals surface area contributed by atoms with Crippen molar-refractivity contribution in [1.82, 2.24) is 29.3 Å². The van der Waals surface area contributed by atoms with Crippen molar-refractivity contribution in [3.05, 3.63) is 24.5 Å². The second-order valence-electron chi connectivity index (χ2n) is 9.30. The molecule has 188 valence electrons. The van der Waals surface area contributed by atoms with Gasteiger partial charge in [0.1, 0.15) is 12.0 Å². The van der Waals surface area contributed by atoms with Gasteiger partial charge in [-0.05, 0) is 58.1 Å². The molecule has 3 aromatic heterocycles. The van der Waals surface area contributed by atoms with Gasteiger partial charge in [0.15, 0.2) is 5.65 Å². The summed E-state index contributed by atoms with van der Waals surface area (Å²) in [5.41, 5.74) is 2.83. The number of piperidine rings is 2. The van der Waals surface area contributed by atoms with E-state index in [0.29, 0.717) is 25.6 Å². The minimum atomic E-state index is -0.879. The molecule has 0 bridgehead atoms. The van der Waals surface area contributed by atoms with Gasteiger partial charge >= 0.3 is 6.09 Å². The molecule has 2 aliphatic heterocycles. The van der Waals surface area contributed by atoms with Crippen LogP contribution < -0.4 is 10.2 Å². The number of rotatable bonds is 7. The molecular weight excluding hydrogens is 448 g/mol. The van der Waals surface area contributed by atoms with Crippen LogP contribution in [0.3, 0.4) is 0 Å². The maximum absolute atomic E-state index is 11.4. The first-order chi connectivity index (χ1) is 17.0.